The second-order valence-corrected chi connectivity index (χ2v) is 7.22. The first kappa shape index (κ1) is 18.3. The lowest BCUT2D eigenvalue weighted by molar-refractivity contribution is -0.113. The van der Waals surface area contributed by atoms with Gasteiger partial charge < -0.3 is 9.73 Å². The number of aryl methyl sites for hydroxylation is 1. The molecular formula is C22H19N3O2S. The Hall–Kier alpha value is -3.12. The molecular weight excluding hydrogens is 370 g/mol. The van der Waals surface area contributed by atoms with Crippen molar-refractivity contribution >= 4 is 34.1 Å². The maximum atomic E-state index is 12.2. The Labute approximate surface area is 167 Å². The van der Waals surface area contributed by atoms with Gasteiger partial charge in [-0.2, -0.15) is 0 Å². The van der Waals surface area contributed by atoms with E-state index in [4.69, 9.17) is 4.42 Å². The molecule has 140 valence electrons. The summed E-state index contributed by atoms with van der Waals surface area (Å²) in [6, 6.07) is 21.9. The number of nitrogens with zero attached hydrogens (tertiary/aromatic N) is 2. The molecule has 6 heteroatoms. The summed E-state index contributed by atoms with van der Waals surface area (Å²) in [6.45, 7) is 2.08. The van der Waals surface area contributed by atoms with Crippen LogP contribution in [-0.2, 0) is 11.2 Å². The predicted octanol–water partition coefficient (Wildman–Crippen LogP) is 5.18. The Balaban J connectivity index is 1.43. The van der Waals surface area contributed by atoms with Crippen LogP contribution >= 0.6 is 11.8 Å². The zero-order chi connectivity index (χ0) is 19.3. The van der Waals surface area contributed by atoms with E-state index >= 15 is 0 Å². The van der Waals surface area contributed by atoms with E-state index in [0.29, 0.717) is 11.1 Å². The van der Waals surface area contributed by atoms with Gasteiger partial charge in [0.15, 0.2) is 0 Å². The van der Waals surface area contributed by atoms with Crippen LogP contribution in [0.2, 0.25) is 0 Å². The highest BCUT2D eigenvalue weighted by molar-refractivity contribution is 7.99. The molecule has 1 amide bonds. The van der Waals surface area contributed by atoms with Gasteiger partial charge in [0.25, 0.3) is 5.22 Å². The standard InChI is InChI=1S/C22H19N3O2S/c1-2-15-7-5-10-17(13-15)23-20(26)14-28-22-25-24-21(27-22)19-12-6-9-16-8-3-4-11-18(16)19/h3-13H,2,14H2,1H3,(H,23,26). The number of anilines is 1. The van der Waals surface area contributed by atoms with E-state index in [1.807, 2.05) is 66.7 Å². The lowest BCUT2D eigenvalue weighted by Gasteiger charge is -2.05. The van der Waals surface area contributed by atoms with E-state index in [-0.39, 0.29) is 11.7 Å². The van der Waals surface area contributed by atoms with E-state index in [9.17, 15) is 4.79 Å². The summed E-state index contributed by atoms with van der Waals surface area (Å²) < 4.78 is 5.78. The molecule has 0 aliphatic heterocycles. The van der Waals surface area contributed by atoms with Crippen LogP contribution in [0.5, 0.6) is 0 Å². The van der Waals surface area contributed by atoms with Gasteiger partial charge in [0.2, 0.25) is 11.8 Å². The molecule has 4 rings (SSSR count). The second-order valence-electron chi connectivity index (χ2n) is 6.29. The third-order valence-electron chi connectivity index (χ3n) is 4.37. The van der Waals surface area contributed by atoms with Crippen LogP contribution in [0.3, 0.4) is 0 Å². The highest BCUT2D eigenvalue weighted by Crippen LogP contribution is 2.29. The van der Waals surface area contributed by atoms with Gasteiger partial charge in [-0.25, -0.2) is 0 Å². The first-order valence-corrected chi connectivity index (χ1v) is 10.0. The molecule has 0 bridgehead atoms. The summed E-state index contributed by atoms with van der Waals surface area (Å²) in [6.07, 6.45) is 0.928. The Kier molecular flexibility index (Phi) is 5.39. The summed E-state index contributed by atoms with van der Waals surface area (Å²) in [4.78, 5) is 12.2. The third-order valence-corrected chi connectivity index (χ3v) is 5.19. The number of thioether (sulfide) groups is 1. The monoisotopic (exact) mass is 389 g/mol. The minimum Gasteiger partial charge on any atom is -0.411 e. The van der Waals surface area contributed by atoms with Crippen molar-refractivity contribution in [2.75, 3.05) is 11.1 Å². The molecule has 1 N–H and O–H groups in total. The predicted molar refractivity (Wildman–Crippen MR) is 112 cm³/mol. The normalized spacial score (nSPS) is 10.9. The van der Waals surface area contributed by atoms with Crippen LogP contribution in [0.15, 0.2) is 76.4 Å². The Morgan fingerprint density at radius 3 is 2.75 bits per heavy atom. The number of fused-ring (bicyclic) bond motifs is 1. The minimum absolute atomic E-state index is 0.108. The summed E-state index contributed by atoms with van der Waals surface area (Å²) in [5.74, 6) is 0.548. The smallest absolute Gasteiger partial charge is 0.277 e. The molecule has 3 aromatic carbocycles. The number of hydrogen-bond donors (Lipinski definition) is 1. The average molecular weight is 389 g/mol. The van der Waals surface area contributed by atoms with E-state index in [2.05, 4.69) is 22.4 Å². The fourth-order valence-corrected chi connectivity index (χ4v) is 3.55. The average Bonchev–Trinajstić information content (AvgIpc) is 3.21. The van der Waals surface area contributed by atoms with Crippen LogP contribution < -0.4 is 5.32 Å². The van der Waals surface area contributed by atoms with E-state index in [0.717, 1.165) is 28.4 Å². The topological polar surface area (TPSA) is 68.0 Å². The van der Waals surface area contributed by atoms with Crippen molar-refractivity contribution in [2.45, 2.75) is 18.6 Å². The highest BCUT2D eigenvalue weighted by atomic mass is 32.2. The van der Waals surface area contributed by atoms with E-state index < -0.39 is 0 Å². The van der Waals surface area contributed by atoms with Crippen LogP contribution in [0.1, 0.15) is 12.5 Å². The summed E-state index contributed by atoms with van der Waals surface area (Å²) >= 11 is 1.23. The first-order chi connectivity index (χ1) is 13.7. The maximum Gasteiger partial charge on any atom is 0.277 e. The van der Waals surface area contributed by atoms with Gasteiger partial charge in [-0.3, -0.25) is 4.79 Å². The van der Waals surface area contributed by atoms with E-state index in [1.165, 1.54) is 17.3 Å². The minimum atomic E-state index is -0.108. The van der Waals surface area contributed by atoms with Gasteiger partial charge in [-0.05, 0) is 41.0 Å². The Morgan fingerprint density at radius 1 is 1.04 bits per heavy atom. The molecule has 4 aromatic rings. The molecule has 0 saturated carbocycles. The van der Waals surface area contributed by atoms with Crippen LogP contribution in [0.25, 0.3) is 22.2 Å². The zero-order valence-electron chi connectivity index (χ0n) is 15.4. The molecule has 1 aromatic heterocycles. The summed E-state index contributed by atoms with van der Waals surface area (Å²) in [5.41, 5.74) is 2.87. The van der Waals surface area contributed by atoms with Gasteiger partial charge in [0.05, 0.1) is 5.75 Å². The van der Waals surface area contributed by atoms with Gasteiger partial charge >= 0.3 is 0 Å². The van der Waals surface area contributed by atoms with Crippen molar-refractivity contribution in [1.29, 1.82) is 0 Å². The van der Waals surface area contributed by atoms with Crippen molar-refractivity contribution in [3.63, 3.8) is 0 Å². The molecule has 0 saturated heterocycles. The second kappa shape index (κ2) is 8.27. The van der Waals surface area contributed by atoms with Gasteiger partial charge in [-0.15, -0.1) is 10.2 Å². The Bertz CT molecular complexity index is 1120. The van der Waals surface area contributed by atoms with Crippen molar-refractivity contribution in [1.82, 2.24) is 10.2 Å². The van der Waals surface area contributed by atoms with Gasteiger partial charge in [-0.1, -0.05) is 67.2 Å². The third kappa shape index (κ3) is 4.07. The highest BCUT2D eigenvalue weighted by Gasteiger charge is 2.13. The molecule has 5 nitrogen and oxygen atoms in total. The SMILES string of the molecule is CCc1cccc(NC(=O)CSc2nnc(-c3cccc4ccccc34)o2)c1. The number of carbonyl (C=O) groups excluding carboxylic acids is 1. The lowest BCUT2D eigenvalue weighted by Crippen LogP contribution is -2.14. The zero-order valence-corrected chi connectivity index (χ0v) is 16.2. The molecule has 0 aliphatic rings. The van der Waals surface area contributed by atoms with Crippen molar-refractivity contribution in [2.24, 2.45) is 0 Å². The molecule has 0 atom stereocenters. The van der Waals surface area contributed by atoms with Crippen LogP contribution in [-0.4, -0.2) is 21.9 Å². The molecule has 28 heavy (non-hydrogen) atoms. The van der Waals surface area contributed by atoms with Crippen molar-refractivity contribution in [3.8, 4) is 11.5 Å². The molecule has 0 aliphatic carbocycles. The molecule has 0 unspecified atom stereocenters. The molecule has 1 heterocycles. The maximum absolute atomic E-state index is 12.2. The van der Waals surface area contributed by atoms with Crippen molar-refractivity contribution < 1.29 is 9.21 Å². The van der Waals surface area contributed by atoms with Crippen molar-refractivity contribution in [3.05, 3.63) is 72.3 Å². The van der Waals surface area contributed by atoms with E-state index in [1.54, 1.807) is 0 Å². The molecule has 0 fully saturated rings. The summed E-state index contributed by atoms with van der Waals surface area (Å²) in [5, 5.41) is 13.7. The number of nitrogens with one attached hydrogen (secondary N) is 1. The fraction of sp³-hybridized carbons (Fsp3) is 0.136. The lowest BCUT2D eigenvalue weighted by atomic mass is 10.0. The number of rotatable bonds is 6. The first-order valence-electron chi connectivity index (χ1n) is 9.06. The number of aromatic nitrogens is 2. The summed E-state index contributed by atoms with van der Waals surface area (Å²) in [7, 11) is 0. The largest absolute Gasteiger partial charge is 0.411 e. The number of carbonyl (C=O) groups is 1. The number of hydrogen-bond acceptors (Lipinski definition) is 5. The Morgan fingerprint density at radius 2 is 1.86 bits per heavy atom. The van der Waals surface area contributed by atoms with Crippen LogP contribution in [0, 0.1) is 0 Å². The fourth-order valence-electron chi connectivity index (χ4n) is 2.98. The molecule has 0 radical (unpaired) electrons. The van der Waals surface area contributed by atoms with Gasteiger partial charge in [0.1, 0.15) is 0 Å². The molecule has 0 spiro atoms. The number of benzene rings is 3. The number of amides is 1. The van der Waals surface area contributed by atoms with Crippen LogP contribution in [0.4, 0.5) is 5.69 Å². The van der Waals surface area contributed by atoms with Gasteiger partial charge in [0, 0.05) is 11.3 Å². The quantitative estimate of drug-likeness (QED) is 0.460.